The number of aldehydes is 1. The number of carbonyl (C=O) groups is 4. The van der Waals surface area contributed by atoms with Crippen molar-refractivity contribution in [1.29, 1.82) is 0 Å². The molecule has 0 aliphatic heterocycles. The van der Waals surface area contributed by atoms with Crippen LogP contribution in [0.5, 0.6) is 0 Å². The second-order valence-electron chi connectivity index (χ2n) is 5.93. The summed E-state index contributed by atoms with van der Waals surface area (Å²) >= 11 is 0. The van der Waals surface area contributed by atoms with E-state index >= 15 is 0 Å². The third kappa shape index (κ3) is 4.80. The Bertz CT molecular complexity index is 960. The van der Waals surface area contributed by atoms with Crippen molar-refractivity contribution in [3.8, 4) is 0 Å². The molecule has 0 radical (unpaired) electrons. The fourth-order valence-corrected chi connectivity index (χ4v) is 2.59. The second-order valence-corrected chi connectivity index (χ2v) is 5.93. The van der Waals surface area contributed by atoms with Crippen molar-refractivity contribution in [3.05, 3.63) is 74.8 Å². The quantitative estimate of drug-likeness (QED) is 0.287. The molecule has 0 fully saturated rings. The molecule has 0 saturated heterocycles. The topological polar surface area (TPSA) is 127 Å². The Labute approximate surface area is 165 Å². The molecule has 0 spiro atoms. The maximum atomic E-state index is 12.9. The maximum absolute atomic E-state index is 12.9. The van der Waals surface area contributed by atoms with E-state index in [2.05, 4.69) is 4.84 Å². The number of benzene rings is 2. The number of anilines is 1. The van der Waals surface area contributed by atoms with Crippen LogP contribution in [0.3, 0.4) is 0 Å². The minimum Gasteiger partial charge on any atom is -0.311 e. The average Bonchev–Trinajstić information content (AvgIpc) is 2.73. The van der Waals surface area contributed by atoms with Crippen molar-refractivity contribution in [2.75, 3.05) is 18.7 Å². The molecule has 0 aliphatic carbocycles. The number of hydrogen-bond acceptors (Lipinski definition) is 7. The lowest BCUT2D eigenvalue weighted by Crippen LogP contribution is -2.34. The summed E-state index contributed by atoms with van der Waals surface area (Å²) in [5, 5.41) is 9.18. The zero-order valence-corrected chi connectivity index (χ0v) is 15.6. The number of carbonyl (C=O) groups excluding carboxylic acids is 4. The van der Waals surface area contributed by atoms with Crippen LogP contribution in [-0.4, -0.2) is 48.3 Å². The first kappa shape index (κ1) is 21.2. The Morgan fingerprint density at radius 3 is 2.31 bits per heavy atom. The van der Waals surface area contributed by atoms with Gasteiger partial charge in [0.05, 0.1) is 5.56 Å². The number of nitrogens with zero attached hydrogens (tertiary/aromatic N) is 3. The molecule has 2 aromatic rings. The first-order valence-electron chi connectivity index (χ1n) is 8.26. The molecule has 0 unspecified atom stereocenters. The van der Waals surface area contributed by atoms with Crippen molar-refractivity contribution in [2.24, 2.45) is 0 Å². The highest BCUT2D eigenvalue weighted by Gasteiger charge is 2.24. The van der Waals surface area contributed by atoms with Gasteiger partial charge in [0.25, 0.3) is 16.9 Å². The van der Waals surface area contributed by atoms with E-state index in [0.717, 1.165) is 0 Å². The van der Waals surface area contributed by atoms with Gasteiger partial charge in [0.2, 0.25) is 6.41 Å². The molecule has 10 nitrogen and oxygen atoms in total. The number of amides is 3. The molecule has 0 N–H and O–H groups in total. The van der Waals surface area contributed by atoms with Crippen LogP contribution >= 0.6 is 0 Å². The maximum Gasteiger partial charge on any atom is 0.296 e. The van der Waals surface area contributed by atoms with Crippen molar-refractivity contribution in [1.82, 2.24) is 4.90 Å². The first-order chi connectivity index (χ1) is 13.8. The minimum atomic E-state index is -1.14. The predicted molar refractivity (Wildman–Crippen MR) is 101 cm³/mol. The van der Waals surface area contributed by atoms with Crippen LogP contribution < -0.4 is 4.90 Å². The summed E-state index contributed by atoms with van der Waals surface area (Å²) in [5.74, 6) is -1.46. The van der Waals surface area contributed by atoms with Gasteiger partial charge >= 0.3 is 0 Å². The monoisotopic (exact) mass is 399 g/mol. The van der Waals surface area contributed by atoms with E-state index < -0.39 is 23.6 Å². The van der Waals surface area contributed by atoms with Gasteiger partial charge in [-0.25, -0.2) is 0 Å². The summed E-state index contributed by atoms with van der Waals surface area (Å²) in [5.41, 5.74) is 0.813. The van der Waals surface area contributed by atoms with Gasteiger partial charge in [-0.05, 0) is 36.8 Å². The molecular weight excluding hydrogens is 382 g/mol. The molecule has 3 amide bonds. The molecular formula is C19H17N3O7. The van der Waals surface area contributed by atoms with Gasteiger partial charge < -0.3 is 4.90 Å². The Morgan fingerprint density at radius 1 is 1.10 bits per heavy atom. The fourth-order valence-electron chi connectivity index (χ4n) is 2.59. The van der Waals surface area contributed by atoms with Crippen LogP contribution in [0.25, 0.3) is 0 Å². The Balaban J connectivity index is 2.45. The molecule has 10 heteroatoms. The largest absolute Gasteiger partial charge is 0.311 e. The summed E-state index contributed by atoms with van der Waals surface area (Å²) < 4.78 is 0. The predicted octanol–water partition coefficient (Wildman–Crippen LogP) is 1.85. The van der Waals surface area contributed by atoms with Gasteiger partial charge in [0.1, 0.15) is 0 Å². The summed E-state index contributed by atoms with van der Waals surface area (Å²) in [6.07, 6.45) is 0.567. The molecule has 0 aromatic heterocycles. The summed E-state index contributed by atoms with van der Waals surface area (Å²) in [4.78, 5) is 64.3. The van der Waals surface area contributed by atoms with E-state index in [1.807, 2.05) is 0 Å². The van der Waals surface area contributed by atoms with E-state index in [1.165, 1.54) is 31.0 Å². The third-order valence-corrected chi connectivity index (χ3v) is 4.12. The second kappa shape index (κ2) is 9.22. The average molecular weight is 399 g/mol. The standard InChI is InChI=1S/C19H17N3O7/c1-13-8-14(10-23)17(18(25)20(2)15-6-4-3-5-7-15)9-16(13)19(26)21(11-24)12-29-22(27)28/h3-11H,12H2,1-2H3. The van der Waals surface area contributed by atoms with Gasteiger partial charge in [0, 0.05) is 23.9 Å². The van der Waals surface area contributed by atoms with E-state index in [0.29, 0.717) is 22.4 Å². The first-order valence-corrected chi connectivity index (χ1v) is 8.26. The normalized spacial score (nSPS) is 10.0. The Kier molecular flexibility index (Phi) is 6.75. The number of rotatable bonds is 8. The Hall–Kier alpha value is -4.08. The van der Waals surface area contributed by atoms with Crippen molar-refractivity contribution >= 4 is 30.2 Å². The molecule has 29 heavy (non-hydrogen) atoms. The summed E-state index contributed by atoms with van der Waals surface area (Å²) in [6.45, 7) is 0.601. The number of imide groups is 1. The lowest BCUT2D eigenvalue weighted by molar-refractivity contribution is -0.761. The zero-order chi connectivity index (χ0) is 21.6. The van der Waals surface area contributed by atoms with Crippen LogP contribution in [0.15, 0.2) is 42.5 Å². The van der Waals surface area contributed by atoms with Gasteiger partial charge in [-0.15, -0.1) is 10.1 Å². The molecule has 0 bridgehead atoms. The zero-order valence-electron chi connectivity index (χ0n) is 15.6. The van der Waals surface area contributed by atoms with Crippen molar-refractivity contribution in [3.63, 3.8) is 0 Å². The SMILES string of the molecule is Cc1cc(C=O)c(C(=O)N(C)c2ccccc2)cc1C(=O)N(C=O)CO[N+](=O)[O-]. The highest BCUT2D eigenvalue weighted by Crippen LogP contribution is 2.21. The minimum absolute atomic E-state index is 0.0543. The molecule has 0 aliphatic rings. The van der Waals surface area contributed by atoms with Gasteiger partial charge in [0.15, 0.2) is 13.0 Å². The number of para-hydroxylation sites is 1. The molecule has 150 valence electrons. The van der Waals surface area contributed by atoms with Crippen molar-refractivity contribution in [2.45, 2.75) is 6.92 Å². The van der Waals surface area contributed by atoms with Gasteiger partial charge in [-0.3, -0.25) is 28.9 Å². The van der Waals surface area contributed by atoms with E-state index in [4.69, 9.17) is 0 Å². The summed E-state index contributed by atoms with van der Waals surface area (Å²) in [6, 6.07) is 11.2. The molecule has 0 atom stereocenters. The molecule has 2 aromatic carbocycles. The highest BCUT2D eigenvalue weighted by molar-refractivity contribution is 6.12. The summed E-state index contributed by atoms with van der Waals surface area (Å²) in [7, 11) is 1.51. The fraction of sp³-hybridized carbons (Fsp3) is 0.158. The van der Waals surface area contributed by atoms with E-state index in [9.17, 15) is 29.3 Å². The van der Waals surface area contributed by atoms with Crippen molar-refractivity contribution < 1.29 is 29.1 Å². The third-order valence-electron chi connectivity index (χ3n) is 4.12. The van der Waals surface area contributed by atoms with Crippen LogP contribution in [0.1, 0.15) is 36.6 Å². The van der Waals surface area contributed by atoms with Crippen LogP contribution in [-0.2, 0) is 9.63 Å². The molecule has 2 rings (SSSR count). The van der Waals surface area contributed by atoms with Gasteiger partial charge in [-0.1, -0.05) is 18.2 Å². The lowest BCUT2D eigenvalue weighted by Gasteiger charge is -2.20. The van der Waals surface area contributed by atoms with E-state index in [1.54, 1.807) is 30.3 Å². The highest BCUT2D eigenvalue weighted by atomic mass is 17.0. The number of hydrogen-bond donors (Lipinski definition) is 0. The smallest absolute Gasteiger partial charge is 0.296 e. The molecule has 0 saturated carbocycles. The van der Waals surface area contributed by atoms with Crippen LogP contribution in [0.4, 0.5) is 5.69 Å². The van der Waals surface area contributed by atoms with Gasteiger partial charge in [-0.2, -0.15) is 0 Å². The lowest BCUT2D eigenvalue weighted by atomic mass is 9.98. The molecule has 0 heterocycles. The number of aryl methyl sites for hydroxylation is 1. The van der Waals surface area contributed by atoms with Crippen LogP contribution in [0, 0.1) is 17.0 Å². The van der Waals surface area contributed by atoms with Crippen LogP contribution in [0.2, 0.25) is 0 Å². The van der Waals surface area contributed by atoms with E-state index in [-0.39, 0.29) is 23.1 Å². The Morgan fingerprint density at radius 2 is 1.76 bits per heavy atom.